The van der Waals surface area contributed by atoms with Gasteiger partial charge in [0.05, 0.1) is 11.6 Å². The largest absolute Gasteiger partial charge is 0.486 e. The van der Waals surface area contributed by atoms with E-state index in [0.29, 0.717) is 62.3 Å². The Bertz CT molecular complexity index is 1150. The highest BCUT2D eigenvalue weighted by molar-refractivity contribution is 6.04. The normalized spacial score (nSPS) is 17.2. The van der Waals surface area contributed by atoms with Gasteiger partial charge in [-0.2, -0.15) is 5.10 Å². The number of para-hydroxylation sites is 1. The molecule has 32 heavy (non-hydrogen) atoms. The third kappa shape index (κ3) is 3.87. The average molecular weight is 435 g/mol. The molecule has 0 bridgehead atoms. The number of nitrogens with zero attached hydrogens (tertiary/aromatic N) is 3. The summed E-state index contributed by atoms with van der Waals surface area (Å²) < 4.78 is 11.1. The molecule has 3 heterocycles. The Balaban J connectivity index is 1.18. The lowest BCUT2D eigenvalue weighted by Gasteiger charge is -2.37. The molecule has 9 heteroatoms. The van der Waals surface area contributed by atoms with E-state index >= 15 is 0 Å². The highest BCUT2D eigenvalue weighted by Crippen LogP contribution is 2.32. The number of H-pyrrole nitrogens is 1. The lowest BCUT2D eigenvalue weighted by Crippen LogP contribution is -2.54. The second-order valence-corrected chi connectivity index (χ2v) is 7.97. The molecule has 0 aliphatic carbocycles. The molecule has 2 aliphatic rings. The van der Waals surface area contributed by atoms with E-state index in [1.165, 1.54) is 0 Å². The Morgan fingerprint density at radius 1 is 1.03 bits per heavy atom. The van der Waals surface area contributed by atoms with Crippen molar-refractivity contribution < 1.29 is 19.1 Å². The maximum atomic E-state index is 13.0. The first-order chi connectivity index (χ1) is 15.6. The summed E-state index contributed by atoms with van der Waals surface area (Å²) in [6.45, 7) is 5.22. The van der Waals surface area contributed by atoms with Crippen LogP contribution in [0.5, 0.6) is 11.5 Å². The zero-order chi connectivity index (χ0) is 22.1. The number of fused-ring (bicyclic) bond motifs is 2. The van der Waals surface area contributed by atoms with Gasteiger partial charge in [-0.15, -0.1) is 0 Å². The number of aromatic nitrogens is 2. The Hall–Kier alpha value is -3.59. The van der Waals surface area contributed by atoms with E-state index in [-0.39, 0.29) is 17.9 Å². The van der Waals surface area contributed by atoms with E-state index in [4.69, 9.17) is 9.47 Å². The summed E-state index contributed by atoms with van der Waals surface area (Å²) in [6.07, 6.45) is 0. The second kappa shape index (κ2) is 8.51. The number of benzene rings is 2. The molecular formula is C23H25N5O4. The minimum Gasteiger partial charge on any atom is -0.486 e. The van der Waals surface area contributed by atoms with Crippen LogP contribution in [0.1, 0.15) is 17.4 Å². The van der Waals surface area contributed by atoms with Crippen LogP contribution in [0.3, 0.4) is 0 Å². The number of rotatable bonds is 4. The third-order valence-electron chi connectivity index (χ3n) is 6.01. The van der Waals surface area contributed by atoms with Crippen molar-refractivity contribution in [1.29, 1.82) is 0 Å². The van der Waals surface area contributed by atoms with E-state index in [2.05, 4.69) is 20.4 Å². The van der Waals surface area contributed by atoms with Crippen molar-refractivity contribution >= 4 is 28.4 Å². The first-order valence-electron chi connectivity index (χ1n) is 10.8. The molecule has 1 aromatic heterocycles. The summed E-state index contributed by atoms with van der Waals surface area (Å²) in [5, 5.41) is 10.9. The van der Waals surface area contributed by atoms with E-state index in [1.54, 1.807) is 17.0 Å². The molecular weight excluding hydrogens is 410 g/mol. The zero-order valence-electron chi connectivity index (χ0n) is 17.8. The molecule has 2 amide bonds. The van der Waals surface area contributed by atoms with Gasteiger partial charge in [-0.3, -0.25) is 19.6 Å². The Kier molecular flexibility index (Phi) is 5.40. The van der Waals surface area contributed by atoms with E-state index in [0.717, 1.165) is 10.9 Å². The third-order valence-corrected chi connectivity index (χ3v) is 6.01. The van der Waals surface area contributed by atoms with Crippen LogP contribution in [0.4, 0.5) is 5.69 Å². The van der Waals surface area contributed by atoms with Crippen molar-refractivity contribution in [1.82, 2.24) is 20.0 Å². The lowest BCUT2D eigenvalue weighted by atomic mass is 10.1. The van der Waals surface area contributed by atoms with Gasteiger partial charge in [0, 0.05) is 43.3 Å². The summed E-state index contributed by atoms with van der Waals surface area (Å²) in [6, 6.07) is 12.7. The van der Waals surface area contributed by atoms with Gasteiger partial charge in [-0.05, 0) is 25.1 Å². The summed E-state index contributed by atoms with van der Waals surface area (Å²) >= 11 is 0. The highest BCUT2D eigenvalue weighted by Gasteiger charge is 2.29. The molecule has 1 unspecified atom stereocenters. The quantitative estimate of drug-likeness (QED) is 0.651. The van der Waals surface area contributed by atoms with Crippen LogP contribution in [0.15, 0.2) is 42.5 Å². The maximum Gasteiger partial charge on any atom is 0.275 e. The number of amides is 2. The van der Waals surface area contributed by atoms with Crippen LogP contribution in [-0.2, 0) is 4.79 Å². The Labute approximate surface area is 185 Å². The van der Waals surface area contributed by atoms with Crippen molar-refractivity contribution in [2.45, 2.75) is 13.0 Å². The number of hydrogen-bond acceptors (Lipinski definition) is 6. The molecule has 166 valence electrons. The summed E-state index contributed by atoms with van der Waals surface area (Å²) in [5.41, 5.74) is 1.96. The van der Waals surface area contributed by atoms with Crippen molar-refractivity contribution in [2.75, 3.05) is 44.7 Å². The predicted molar refractivity (Wildman–Crippen MR) is 119 cm³/mol. The molecule has 1 saturated heterocycles. The number of nitrogens with one attached hydrogen (secondary N) is 2. The van der Waals surface area contributed by atoms with E-state index < -0.39 is 0 Å². The van der Waals surface area contributed by atoms with Gasteiger partial charge in [0.2, 0.25) is 5.91 Å². The fourth-order valence-corrected chi connectivity index (χ4v) is 4.12. The first kappa shape index (κ1) is 20.3. The molecule has 9 nitrogen and oxygen atoms in total. The molecule has 1 fully saturated rings. The van der Waals surface area contributed by atoms with Crippen molar-refractivity contribution in [3.63, 3.8) is 0 Å². The summed E-state index contributed by atoms with van der Waals surface area (Å²) in [4.78, 5) is 29.7. The molecule has 2 aliphatic heterocycles. The van der Waals surface area contributed by atoms with Crippen LogP contribution in [-0.4, -0.2) is 77.2 Å². The van der Waals surface area contributed by atoms with Crippen molar-refractivity contribution in [2.24, 2.45) is 0 Å². The molecule has 3 aromatic rings. The molecule has 0 saturated carbocycles. The van der Waals surface area contributed by atoms with Gasteiger partial charge >= 0.3 is 0 Å². The van der Waals surface area contributed by atoms with Gasteiger partial charge < -0.3 is 19.7 Å². The number of aromatic amines is 1. The molecule has 2 aromatic carbocycles. The minimum atomic E-state index is -0.327. The lowest BCUT2D eigenvalue weighted by molar-refractivity contribution is -0.121. The Morgan fingerprint density at radius 2 is 1.78 bits per heavy atom. The van der Waals surface area contributed by atoms with E-state index in [1.807, 2.05) is 37.3 Å². The smallest absolute Gasteiger partial charge is 0.275 e. The van der Waals surface area contributed by atoms with Gasteiger partial charge in [0.25, 0.3) is 5.91 Å². The van der Waals surface area contributed by atoms with Gasteiger partial charge in [-0.25, -0.2) is 0 Å². The summed E-state index contributed by atoms with van der Waals surface area (Å²) in [5.74, 6) is 1.14. The number of anilines is 1. The standard InChI is InChI=1S/C23H25N5O4/c1-15(22(29)24-16-6-7-19-20(14-16)32-13-12-31-19)27-8-10-28(11-9-27)23(30)21-17-4-2-3-5-18(17)25-26-21/h2-7,14-15H,8-13H2,1H3,(H,24,29)(H,25,26). The number of carbonyl (C=O) groups is 2. The van der Waals surface area contributed by atoms with Gasteiger partial charge in [0.15, 0.2) is 17.2 Å². The molecule has 2 N–H and O–H groups in total. The number of hydrogen-bond donors (Lipinski definition) is 2. The van der Waals surface area contributed by atoms with Gasteiger partial charge in [-0.1, -0.05) is 18.2 Å². The Morgan fingerprint density at radius 3 is 2.59 bits per heavy atom. The highest BCUT2D eigenvalue weighted by atomic mass is 16.6. The minimum absolute atomic E-state index is 0.0875. The van der Waals surface area contributed by atoms with Crippen molar-refractivity contribution in [3.05, 3.63) is 48.2 Å². The summed E-state index contributed by atoms with van der Waals surface area (Å²) in [7, 11) is 0. The monoisotopic (exact) mass is 435 g/mol. The number of ether oxygens (including phenoxy) is 2. The van der Waals surface area contributed by atoms with Crippen LogP contribution < -0.4 is 14.8 Å². The average Bonchev–Trinajstić information content (AvgIpc) is 3.27. The topological polar surface area (TPSA) is 99.8 Å². The van der Waals surface area contributed by atoms with Crippen LogP contribution in [0.25, 0.3) is 10.9 Å². The SMILES string of the molecule is CC(C(=O)Nc1ccc2c(c1)OCCO2)N1CCN(C(=O)c2n[nH]c3ccccc23)CC1. The molecule has 0 radical (unpaired) electrons. The van der Waals surface area contributed by atoms with Crippen LogP contribution in [0.2, 0.25) is 0 Å². The first-order valence-corrected chi connectivity index (χ1v) is 10.8. The van der Waals surface area contributed by atoms with Crippen LogP contribution in [0, 0.1) is 0 Å². The van der Waals surface area contributed by atoms with Crippen LogP contribution >= 0.6 is 0 Å². The molecule has 1 atom stereocenters. The fourth-order valence-electron chi connectivity index (χ4n) is 4.12. The maximum absolute atomic E-state index is 13.0. The molecule has 0 spiro atoms. The second-order valence-electron chi connectivity index (χ2n) is 7.97. The molecule has 5 rings (SSSR count). The predicted octanol–water partition coefficient (Wildman–Crippen LogP) is 2.12. The number of carbonyl (C=O) groups excluding carboxylic acids is 2. The zero-order valence-corrected chi connectivity index (χ0v) is 17.8. The number of piperazine rings is 1. The fraction of sp³-hybridized carbons (Fsp3) is 0.348. The van der Waals surface area contributed by atoms with E-state index in [9.17, 15) is 9.59 Å². The van der Waals surface area contributed by atoms with Gasteiger partial charge in [0.1, 0.15) is 13.2 Å². The van der Waals surface area contributed by atoms with Crippen molar-refractivity contribution in [3.8, 4) is 11.5 Å².